The largest absolute Gasteiger partial charge is 0.494 e. The molecule has 0 spiro atoms. The van der Waals surface area contributed by atoms with Crippen LogP contribution in [-0.4, -0.2) is 29.3 Å². The minimum atomic E-state index is -1.14. The number of carbonyl (C=O) groups excluding carboxylic acids is 1. The summed E-state index contributed by atoms with van der Waals surface area (Å²) in [6.07, 6.45) is 2.56. The molecule has 6 heteroatoms. The Labute approximate surface area is 123 Å². The molecule has 1 aliphatic rings. The minimum absolute atomic E-state index is 0.467. The molecule has 2 rings (SSSR count). The molecule has 1 aromatic carbocycles. The number of urea groups is 1. The van der Waals surface area contributed by atoms with Crippen LogP contribution >= 0.6 is 0 Å². The molecule has 114 valence electrons. The van der Waals surface area contributed by atoms with E-state index in [4.69, 9.17) is 4.74 Å². The normalized spacial score (nSPS) is 16.2. The van der Waals surface area contributed by atoms with Crippen LogP contribution in [0.25, 0.3) is 0 Å². The number of anilines is 1. The van der Waals surface area contributed by atoms with Crippen LogP contribution in [0.5, 0.6) is 5.75 Å². The van der Waals surface area contributed by atoms with Crippen LogP contribution in [0, 0.1) is 0 Å². The Morgan fingerprint density at radius 2 is 2.05 bits per heavy atom. The molecular weight excluding hydrogens is 272 g/mol. The Bertz CT molecular complexity index is 524. The van der Waals surface area contributed by atoms with Crippen molar-refractivity contribution in [1.29, 1.82) is 0 Å². The summed E-state index contributed by atoms with van der Waals surface area (Å²) in [6.45, 7) is 2.42. The van der Waals surface area contributed by atoms with E-state index in [-0.39, 0.29) is 0 Å². The van der Waals surface area contributed by atoms with Crippen molar-refractivity contribution in [3.63, 3.8) is 0 Å². The van der Waals surface area contributed by atoms with Crippen LogP contribution in [0.1, 0.15) is 32.6 Å². The van der Waals surface area contributed by atoms with E-state index in [0.29, 0.717) is 30.9 Å². The predicted molar refractivity (Wildman–Crippen MR) is 78.6 cm³/mol. The highest BCUT2D eigenvalue weighted by Gasteiger charge is 2.42. The van der Waals surface area contributed by atoms with Crippen LogP contribution in [0.15, 0.2) is 24.3 Å². The Balaban J connectivity index is 2.01. The molecule has 0 heterocycles. The van der Waals surface area contributed by atoms with Crippen molar-refractivity contribution in [2.75, 3.05) is 11.9 Å². The second kappa shape index (κ2) is 6.47. The fourth-order valence-electron chi connectivity index (χ4n) is 2.58. The number of amides is 2. The summed E-state index contributed by atoms with van der Waals surface area (Å²) < 4.78 is 5.35. The Morgan fingerprint density at radius 1 is 1.33 bits per heavy atom. The van der Waals surface area contributed by atoms with Gasteiger partial charge in [-0.25, -0.2) is 9.59 Å². The second-order valence-electron chi connectivity index (χ2n) is 5.13. The first-order valence-electron chi connectivity index (χ1n) is 7.11. The van der Waals surface area contributed by atoms with Gasteiger partial charge in [0.2, 0.25) is 0 Å². The van der Waals surface area contributed by atoms with Crippen molar-refractivity contribution in [3.05, 3.63) is 24.3 Å². The molecule has 6 nitrogen and oxygen atoms in total. The maximum absolute atomic E-state index is 12.0. The van der Waals surface area contributed by atoms with Gasteiger partial charge in [-0.1, -0.05) is 18.9 Å². The number of nitrogens with one attached hydrogen (secondary N) is 2. The number of carbonyl (C=O) groups is 2. The first-order chi connectivity index (χ1) is 10.1. The highest BCUT2D eigenvalue weighted by atomic mass is 16.5. The van der Waals surface area contributed by atoms with Crippen molar-refractivity contribution in [1.82, 2.24) is 5.32 Å². The fraction of sp³-hybridized carbons (Fsp3) is 0.467. The highest BCUT2D eigenvalue weighted by Crippen LogP contribution is 2.30. The highest BCUT2D eigenvalue weighted by molar-refractivity contribution is 5.94. The molecule has 1 fully saturated rings. The standard InChI is InChI=1S/C15H20N2O4/c1-2-21-12-7-5-6-11(10-12)16-14(20)17-15(13(18)19)8-3-4-9-15/h5-7,10H,2-4,8-9H2,1H3,(H,18,19)(H2,16,17,20). The van der Waals surface area contributed by atoms with Gasteiger partial charge in [-0.3, -0.25) is 0 Å². The van der Waals surface area contributed by atoms with Gasteiger partial charge in [0, 0.05) is 11.8 Å². The molecule has 2 amide bonds. The lowest BCUT2D eigenvalue weighted by Crippen LogP contribution is -2.53. The SMILES string of the molecule is CCOc1cccc(NC(=O)NC2(C(=O)O)CCCC2)c1. The molecule has 0 atom stereocenters. The van der Waals surface area contributed by atoms with Crippen molar-refractivity contribution < 1.29 is 19.4 Å². The van der Waals surface area contributed by atoms with Gasteiger partial charge in [-0.05, 0) is 31.9 Å². The van der Waals surface area contributed by atoms with Crippen molar-refractivity contribution in [3.8, 4) is 5.75 Å². The van der Waals surface area contributed by atoms with Crippen molar-refractivity contribution in [2.45, 2.75) is 38.1 Å². The molecule has 0 unspecified atom stereocenters. The zero-order chi connectivity index (χ0) is 15.3. The smallest absolute Gasteiger partial charge is 0.329 e. The maximum Gasteiger partial charge on any atom is 0.329 e. The summed E-state index contributed by atoms with van der Waals surface area (Å²) in [6, 6.07) is 6.48. The Morgan fingerprint density at radius 3 is 2.67 bits per heavy atom. The van der Waals surface area contributed by atoms with Crippen LogP contribution in [-0.2, 0) is 4.79 Å². The summed E-state index contributed by atoms with van der Waals surface area (Å²) in [4.78, 5) is 23.4. The monoisotopic (exact) mass is 292 g/mol. The summed E-state index contributed by atoms with van der Waals surface area (Å²) in [7, 11) is 0. The minimum Gasteiger partial charge on any atom is -0.494 e. The number of carboxylic acid groups (broad SMARTS) is 1. The lowest BCUT2D eigenvalue weighted by atomic mass is 9.98. The van der Waals surface area contributed by atoms with E-state index in [1.807, 2.05) is 6.92 Å². The maximum atomic E-state index is 12.0. The van der Waals surface area contributed by atoms with Crippen molar-refractivity contribution in [2.24, 2.45) is 0 Å². The molecule has 1 aromatic rings. The molecule has 0 radical (unpaired) electrons. The molecule has 1 aliphatic carbocycles. The van der Waals surface area contributed by atoms with Gasteiger partial charge in [0.05, 0.1) is 6.61 Å². The zero-order valence-corrected chi connectivity index (χ0v) is 12.0. The number of hydrogen-bond acceptors (Lipinski definition) is 3. The van der Waals surface area contributed by atoms with Crippen LogP contribution < -0.4 is 15.4 Å². The van der Waals surface area contributed by atoms with Gasteiger partial charge in [-0.15, -0.1) is 0 Å². The number of rotatable bonds is 5. The van der Waals surface area contributed by atoms with Gasteiger partial charge < -0.3 is 20.5 Å². The first-order valence-corrected chi connectivity index (χ1v) is 7.11. The van der Waals surface area contributed by atoms with Crippen molar-refractivity contribution >= 4 is 17.7 Å². The summed E-state index contributed by atoms with van der Waals surface area (Å²) in [5.41, 5.74) is -0.571. The molecule has 3 N–H and O–H groups in total. The van der Waals surface area contributed by atoms with Crippen LogP contribution in [0.2, 0.25) is 0 Å². The quantitative estimate of drug-likeness (QED) is 0.778. The third-order valence-electron chi connectivity index (χ3n) is 3.62. The topological polar surface area (TPSA) is 87.7 Å². The number of carboxylic acids is 1. The third-order valence-corrected chi connectivity index (χ3v) is 3.62. The average molecular weight is 292 g/mol. The third kappa shape index (κ3) is 3.65. The number of hydrogen-bond donors (Lipinski definition) is 3. The van der Waals surface area contributed by atoms with E-state index in [2.05, 4.69) is 10.6 Å². The lowest BCUT2D eigenvalue weighted by Gasteiger charge is -2.25. The molecular formula is C15H20N2O4. The molecule has 0 aliphatic heterocycles. The van der Waals surface area contributed by atoms with Crippen LogP contribution in [0.3, 0.4) is 0 Å². The van der Waals surface area contributed by atoms with E-state index in [0.717, 1.165) is 12.8 Å². The van der Waals surface area contributed by atoms with Gasteiger partial charge in [0.15, 0.2) is 0 Å². The lowest BCUT2D eigenvalue weighted by molar-refractivity contribution is -0.144. The average Bonchev–Trinajstić information content (AvgIpc) is 2.89. The van der Waals surface area contributed by atoms with E-state index < -0.39 is 17.5 Å². The van der Waals surface area contributed by atoms with Gasteiger partial charge in [-0.2, -0.15) is 0 Å². The van der Waals surface area contributed by atoms with E-state index in [9.17, 15) is 14.7 Å². The summed E-state index contributed by atoms with van der Waals surface area (Å²) in [5, 5.41) is 14.6. The molecule has 1 saturated carbocycles. The Hall–Kier alpha value is -2.24. The van der Waals surface area contributed by atoms with E-state index >= 15 is 0 Å². The summed E-state index contributed by atoms with van der Waals surface area (Å²) >= 11 is 0. The predicted octanol–water partition coefficient (Wildman–Crippen LogP) is 2.60. The fourth-order valence-corrected chi connectivity index (χ4v) is 2.58. The number of benzene rings is 1. The van der Waals surface area contributed by atoms with Gasteiger partial charge >= 0.3 is 12.0 Å². The summed E-state index contributed by atoms with van der Waals surface area (Å²) in [5.74, 6) is -0.317. The zero-order valence-electron chi connectivity index (χ0n) is 12.0. The van der Waals surface area contributed by atoms with E-state index in [1.165, 1.54) is 0 Å². The van der Waals surface area contributed by atoms with Gasteiger partial charge in [0.1, 0.15) is 11.3 Å². The molecule has 21 heavy (non-hydrogen) atoms. The first kappa shape index (κ1) is 15.2. The Kier molecular flexibility index (Phi) is 4.67. The number of ether oxygens (including phenoxy) is 1. The van der Waals surface area contributed by atoms with E-state index in [1.54, 1.807) is 24.3 Å². The second-order valence-corrected chi connectivity index (χ2v) is 5.13. The van der Waals surface area contributed by atoms with Crippen LogP contribution in [0.4, 0.5) is 10.5 Å². The molecule has 0 bridgehead atoms. The van der Waals surface area contributed by atoms with Gasteiger partial charge in [0.25, 0.3) is 0 Å². The molecule has 0 saturated heterocycles. The molecule has 0 aromatic heterocycles. The number of aliphatic carboxylic acids is 1.